The number of piperidine rings is 1. The van der Waals surface area contributed by atoms with Gasteiger partial charge in [0.05, 0.1) is 0 Å². The Bertz CT molecular complexity index is 590. The lowest BCUT2D eigenvalue weighted by atomic mass is 9.75. The SMILES string of the molecule is CC1C2CNC[C@H]1c1cc(N3CCNCC3)cc(=O)n1C2. The molecule has 2 fully saturated rings. The number of hydrogen-bond donors (Lipinski definition) is 2. The molecule has 5 nitrogen and oxygen atoms in total. The van der Waals surface area contributed by atoms with Crippen LogP contribution in [-0.2, 0) is 6.54 Å². The molecule has 3 atom stereocenters. The molecule has 2 N–H and O–H groups in total. The monoisotopic (exact) mass is 288 g/mol. The van der Waals surface area contributed by atoms with Gasteiger partial charge < -0.3 is 20.1 Å². The van der Waals surface area contributed by atoms with E-state index in [-0.39, 0.29) is 5.56 Å². The summed E-state index contributed by atoms with van der Waals surface area (Å²) >= 11 is 0. The van der Waals surface area contributed by atoms with Crippen molar-refractivity contribution in [1.29, 1.82) is 0 Å². The summed E-state index contributed by atoms with van der Waals surface area (Å²) in [5.41, 5.74) is 2.54. The van der Waals surface area contributed by atoms with Crippen LogP contribution in [0.4, 0.5) is 5.69 Å². The average Bonchev–Trinajstić information content (AvgIpc) is 2.49. The molecule has 3 aliphatic heterocycles. The molecule has 2 saturated heterocycles. The van der Waals surface area contributed by atoms with Crippen LogP contribution in [-0.4, -0.2) is 43.8 Å². The second kappa shape index (κ2) is 5.14. The maximum atomic E-state index is 12.6. The summed E-state index contributed by atoms with van der Waals surface area (Å²) in [4.78, 5) is 14.9. The standard InChI is InChI=1S/C16H24N4O/c1-11-12-8-18-9-14(11)15-6-13(7-16(21)20(15)10-12)19-4-2-17-3-5-19/h6-7,11-12,14,17-18H,2-5,8-10H2,1H3/t11?,12?,14-/m1/s1. The lowest BCUT2D eigenvalue weighted by Gasteiger charge is -2.43. The van der Waals surface area contributed by atoms with Crippen molar-refractivity contribution in [3.63, 3.8) is 0 Å². The van der Waals surface area contributed by atoms with E-state index in [2.05, 4.69) is 28.5 Å². The van der Waals surface area contributed by atoms with E-state index in [4.69, 9.17) is 0 Å². The van der Waals surface area contributed by atoms with Crippen molar-refractivity contribution in [2.45, 2.75) is 19.4 Å². The van der Waals surface area contributed by atoms with Crippen LogP contribution in [0.1, 0.15) is 18.5 Å². The second-order valence-electron chi connectivity index (χ2n) is 6.71. The number of anilines is 1. The van der Waals surface area contributed by atoms with Crippen LogP contribution in [0, 0.1) is 11.8 Å². The molecular weight excluding hydrogens is 264 g/mol. The van der Waals surface area contributed by atoms with Crippen molar-refractivity contribution >= 4 is 5.69 Å². The van der Waals surface area contributed by atoms with Crippen molar-refractivity contribution in [1.82, 2.24) is 15.2 Å². The van der Waals surface area contributed by atoms with E-state index in [1.165, 1.54) is 5.69 Å². The molecule has 0 spiro atoms. The molecule has 21 heavy (non-hydrogen) atoms. The van der Waals surface area contributed by atoms with Gasteiger partial charge >= 0.3 is 0 Å². The lowest BCUT2D eigenvalue weighted by molar-refractivity contribution is 0.173. The zero-order valence-corrected chi connectivity index (χ0v) is 12.6. The minimum atomic E-state index is 0.185. The maximum Gasteiger partial charge on any atom is 0.252 e. The minimum absolute atomic E-state index is 0.185. The highest BCUT2D eigenvalue weighted by Gasteiger charge is 2.37. The van der Waals surface area contributed by atoms with Gasteiger partial charge in [0.1, 0.15) is 0 Å². The molecule has 0 saturated carbocycles. The van der Waals surface area contributed by atoms with Crippen molar-refractivity contribution < 1.29 is 0 Å². The van der Waals surface area contributed by atoms with Crippen molar-refractivity contribution in [2.75, 3.05) is 44.2 Å². The Hall–Kier alpha value is -1.33. The highest BCUT2D eigenvalue weighted by Crippen LogP contribution is 2.38. The fraction of sp³-hybridized carbons (Fsp3) is 0.688. The Morgan fingerprint density at radius 1 is 1.14 bits per heavy atom. The summed E-state index contributed by atoms with van der Waals surface area (Å²) in [5.74, 6) is 1.75. The molecule has 114 valence electrons. The predicted molar refractivity (Wildman–Crippen MR) is 84.0 cm³/mol. The highest BCUT2D eigenvalue weighted by atomic mass is 16.1. The summed E-state index contributed by atoms with van der Waals surface area (Å²) in [6.45, 7) is 9.26. The first-order valence-electron chi connectivity index (χ1n) is 8.15. The molecule has 0 aromatic carbocycles. The molecule has 3 aliphatic rings. The first-order valence-corrected chi connectivity index (χ1v) is 8.15. The third kappa shape index (κ3) is 2.19. The zero-order valence-electron chi connectivity index (χ0n) is 12.6. The van der Waals surface area contributed by atoms with Gasteiger partial charge in [0.15, 0.2) is 0 Å². The van der Waals surface area contributed by atoms with E-state index < -0.39 is 0 Å². The van der Waals surface area contributed by atoms with Gasteiger partial charge in [0.2, 0.25) is 0 Å². The van der Waals surface area contributed by atoms with Crippen molar-refractivity contribution in [3.05, 3.63) is 28.2 Å². The molecule has 1 aromatic heterocycles. The van der Waals surface area contributed by atoms with Crippen LogP contribution in [0.25, 0.3) is 0 Å². The molecule has 1 aromatic rings. The van der Waals surface area contributed by atoms with Crippen LogP contribution in [0.15, 0.2) is 16.9 Å². The second-order valence-corrected chi connectivity index (χ2v) is 6.71. The van der Waals surface area contributed by atoms with E-state index in [1.807, 2.05) is 10.6 Å². The molecule has 5 heteroatoms. The van der Waals surface area contributed by atoms with Crippen LogP contribution < -0.4 is 21.1 Å². The fourth-order valence-electron chi connectivity index (χ4n) is 4.17. The molecule has 0 amide bonds. The van der Waals surface area contributed by atoms with Gasteiger partial charge in [-0.15, -0.1) is 0 Å². The molecule has 2 unspecified atom stereocenters. The van der Waals surface area contributed by atoms with Gasteiger partial charge in [-0.2, -0.15) is 0 Å². The topological polar surface area (TPSA) is 49.3 Å². The number of nitrogens with one attached hydrogen (secondary N) is 2. The Labute approximate surface area is 125 Å². The Morgan fingerprint density at radius 3 is 2.76 bits per heavy atom. The van der Waals surface area contributed by atoms with E-state index in [0.29, 0.717) is 17.8 Å². The number of aromatic nitrogens is 1. The predicted octanol–water partition coefficient (Wildman–Crippen LogP) is 0.211. The smallest absolute Gasteiger partial charge is 0.252 e. The zero-order chi connectivity index (χ0) is 14.4. The van der Waals surface area contributed by atoms with E-state index in [9.17, 15) is 4.79 Å². The van der Waals surface area contributed by atoms with Crippen LogP contribution in [0.5, 0.6) is 0 Å². The summed E-state index contributed by atoms with van der Waals surface area (Å²) in [5, 5.41) is 6.91. The van der Waals surface area contributed by atoms with E-state index >= 15 is 0 Å². The summed E-state index contributed by atoms with van der Waals surface area (Å²) in [7, 11) is 0. The summed E-state index contributed by atoms with van der Waals surface area (Å²) in [6, 6.07) is 4.12. The van der Waals surface area contributed by atoms with Crippen LogP contribution in [0.3, 0.4) is 0 Å². The first kappa shape index (κ1) is 13.3. The summed E-state index contributed by atoms with van der Waals surface area (Å²) in [6.07, 6.45) is 0. The van der Waals surface area contributed by atoms with E-state index in [1.54, 1.807) is 0 Å². The van der Waals surface area contributed by atoms with Gasteiger partial charge in [0.25, 0.3) is 5.56 Å². The van der Waals surface area contributed by atoms with Crippen LogP contribution in [0.2, 0.25) is 0 Å². The number of piperazine rings is 1. The molecular formula is C16H24N4O. The normalized spacial score (nSPS) is 31.9. The van der Waals surface area contributed by atoms with Gasteiger partial charge in [-0.25, -0.2) is 0 Å². The van der Waals surface area contributed by atoms with Gasteiger partial charge in [-0.3, -0.25) is 4.79 Å². The first-order chi connectivity index (χ1) is 10.2. The number of fused-ring (bicyclic) bond motifs is 4. The van der Waals surface area contributed by atoms with Crippen molar-refractivity contribution in [3.8, 4) is 0 Å². The largest absolute Gasteiger partial charge is 0.369 e. The highest BCUT2D eigenvalue weighted by molar-refractivity contribution is 5.48. The van der Waals surface area contributed by atoms with Crippen molar-refractivity contribution in [2.24, 2.45) is 11.8 Å². The van der Waals surface area contributed by atoms with Gasteiger partial charge in [-0.05, 0) is 24.4 Å². The third-order valence-corrected chi connectivity index (χ3v) is 5.57. The average molecular weight is 288 g/mol. The number of rotatable bonds is 1. The minimum Gasteiger partial charge on any atom is -0.369 e. The number of pyridine rings is 1. The summed E-state index contributed by atoms with van der Waals surface area (Å²) < 4.78 is 2.03. The molecule has 0 radical (unpaired) electrons. The number of hydrogen-bond acceptors (Lipinski definition) is 4. The maximum absolute atomic E-state index is 12.6. The fourth-order valence-corrected chi connectivity index (χ4v) is 4.17. The molecule has 2 bridgehead atoms. The lowest BCUT2D eigenvalue weighted by Crippen LogP contribution is -2.50. The molecule has 4 rings (SSSR count). The molecule has 0 aliphatic carbocycles. The Kier molecular flexibility index (Phi) is 3.27. The van der Waals surface area contributed by atoms with Gasteiger partial charge in [0, 0.05) is 62.6 Å². The van der Waals surface area contributed by atoms with E-state index in [0.717, 1.165) is 51.5 Å². The van der Waals surface area contributed by atoms with Crippen LogP contribution >= 0.6 is 0 Å². The molecule has 4 heterocycles. The Balaban J connectivity index is 1.75. The Morgan fingerprint density at radius 2 is 1.95 bits per heavy atom. The quantitative estimate of drug-likeness (QED) is 0.776. The number of nitrogens with zero attached hydrogens (tertiary/aromatic N) is 2. The third-order valence-electron chi connectivity index (χ3n) is 5.57. The van der Waals surface area contributed by atoms with Gasteiger partial charge in [-0.1, -0.05) is 6.92 Å².